The smallest absolute Gasteiger partial charge is 0.219 e. The summed E-state index contributed by atoms with van der Waals surface area (Å²) in [5.41, 5.74) is 0. The van der Waals surface area contributed by atoms with Gasteiger partial charge in [-0.3, -0.25) is 0 Å². The molecule has 0 aromatic carbocycles. The molecule has 17 heavy (non-hydrogen) atoms. The molecule has 0 radical (unpaired) electrons. The van der Waals surface area contributed by atoms with Gasteiger partial charge in [0.25, 0.3) is 0 Å². The van der Waals surface area contributed by atoms with Crippen LogP contribution in [0.5, 0.6) is 0 Å². The van der Waals surface area contributed by atoms with E-state index in [9.17, 15) is 15.3 Å². The van der Waals surface area contributed by atoms with E-state index >= 15 is 0 Å². The molecule has 1 aliphatic rings. The molecule has 5 N–H and O–H groups in total. The molecule has 0 amide bonds. The van der Waals surface area contributed by atoms with Crippen molar-refractivity contribution in [1.29, 1.82) is 0 Å². The lowest BCUT2D eigenvalue weighted by Gasteiger charge is -2.22. The Labute approximate surface area is 107 Å². The summed E-state index contributed by atoms with van der Waals surface area (Å²) in [7, 11) is 0. The summed E-state index contributed by atoms with van der Waals surface area (Å²) in [5.74, 6) is -2.05. The van der Waals surface area contributed by atoms with Gasteiger partial charge >= 0.3 is 0 Å². The van der Waals surface area contributed by atoms with Gasteiger partial charge in [-0.1, -0.05) is 13.3 Å². The molecule has 0 aromatic heterocycles. The number of rotatable bonds is 6. The first-order valence-corrected chi connectivity index (χ1v) is 5.63. The molecule has 0 unspecified atom stereocenters. The second kappa shape index (κ2) is 7.48. The molecule has 0 bridgehead atoms. The predicted molar refractivity (Wildman–Crippen MR) is 63.9 cm³/mol. The zero-order valence-corrected chi connectivity index (χ0v) is 10.7. The molecule has 1 aliphatic heterocycles. The average molecular weight is 272 g/mol. The average Bonchev–Trinajstić information content (AvgIpc) is 2.50. The highest BCUT2D eigenvalue weighted by molar-refractivity contribution is 5.85. The summed E-state index contributed by atoms with van der Waals surface area (Å²) >= 11 is 0. The summed E-state index contributed by atoms with van der Waals surface area (Å²) in [6.45, 7) is 2.45. The maximum atomic E-state index is 9.60. The van der Waals surface area contributed by atoms with Crippen molar-refractivity contribution in [2.75, 3.05) is 19.7 Å². The molecule has 0 spiro atoms. The molecule has 1 rings (SSSR count). The molecule has 1 fully saturated rings. The van der Waals surface area contributed by atoms with Crippen molar-refractivity contribution < 1.29 is 25.2 Å². The monoisotopic (exact) mass is 271 g/mol. The number of ether oxygens (including phenoxy) is 1. The van der Waals surface area contributed by atoms with Crippen LogP contribution in [0, 0.1) is 0 Å². The molecule has 1 saturated heterocycles. The fourth-order valence-corrected chi connectivity index (χ4v) is 1.71. The van der Waals surface area contributed by atoms with Gasteiger partial charge in [0.1, 0.15) is 18.3 Å². The van der Waals surface area contributed by atoms with Gasteiger partial charge in [0, 0.05) is 6.54 Å². The number of hydrogen-bond donors (Lipinski definition) is 5. The minimum atomic E-state index is -2.05. The maximum absolute atomic E-state index is 9.60. The highest BCUT2D eigenvalue weighted by Gasteiger charge is 2.52. The van der Waals surface area contributed by atoms with Crippen molar-refractivity contribution >= 4 is 12.4 Å². The molecule has 0 aliphatic carbocycles. The Hall–Kier alpha value is 0.0500. The Morgan fingerprint density at radius 2 is 2.00 bits per heavy atom. The largest absolute Gasteiger partial charge is 0.391 e. The second-order valence-corrected chi connectivity index (χ2v) is 4.15. The van der Waals surface area contributed by atoms with E-state index < -0.39 is 30.7 Å². The first-order chi connectivity index (χ1) is 7.55. The van der Waals surface area contributed by atoms with Crippen LogP contribution in [0.4, 0.5) is 0 Å². The third-order valence-corrected chi connectivity index (χ3v) is 2.80. The molecule has 1 heterocycles. The van der Waals surface area contributed by atoms with E-state index in [4.69, 9.17) is 9.84 Å². The minimum absolute atomic E-state index is 0. The minimum Gasteiger partial charge on any atom is -0.391 e. The van der Waals surface area contributed by atoms with Crippen molar-refractivity contribution in [3.05, 3.63) is 0 Å². The Kier molecular flexibility index (Phi) is 7.50. The number of unbranched alkanes of at least 4 members (excludes halogenated alkanes) is 1. The lowest BCUT2D eigenvalue weighted by Crippen LogP contribution is -2.46. The van der Waals surface area contributed by atoms with E-state index in [-0.39, 0.29) is 12.4 Å². The third kappa shape index (κ3) is 4.03. The SMILES string of the molecule is CCCCNC[C@@H]1O[C@](O)(CO)[C@@H](O)[C@@H]1O.Cl. The van der Waals surface area contributed by atoms with Crippen LogP contribution in [0.15, 0.2) is 0 Å². The highest BCUT2D eigenvalue weighted by Crippen LogP contribution is 2.28. The molecule has 0 aromatic rings. The first kappa shape index (κ1) is 17.1. The number of halogens is 1. The Morgan fingerprint density at radius 1 is 1.35 bits per heavy atom. The predicted octanol–water partition coefficient (Wildman–Crippen LogP) is -1.40. The zero-order chi connectivity index (χ0) is 12.2. The fourth-order valence-electron chi connectivity index (χ4n) is 1.71. The Morgan fingerprint density at radius 3 is 2.47 bits per heavy atom. The van der Waals surface area contributed by atoms with E-state index in [2.05, 4.69) is 12.2 Å². The van der Waals surface area contributed by atoms with E-state index in [0.29, 0.717) is 6.54 Å². The molecule has 6 nitrogen and oxygen atoms in total. The van der Waals surface area contributed by atoms with E-state index in [1.54, 1.807) is 0 Å². The summed E-state index contributed by atoms with van der Waals surface area (Å²) in [4.78, 5) is 0. The van der Waals surface area contributed by atoms with Crippen molar-refractivity contribution in [2.24, 2.45) is 0 Å². The standard InChI is InChI=1S/C10H21NO5.ClH/c1-2-3-4-11-5-7-8(13)9(14)10(15,6-12)16-7;/h7-9,11-15H,2-6H2,1H3;1H/t7-,8+,9-,10+;/m0./s1. The van der Waals surface area contributed by atoms with Gasteiger partial charge in [-0.05, 0) is 13.0 Å². The van der Waals surface area contributed by atoms with Crippen LogP contribution in [0.25, 0.3) is 0 Å². The fraction of sp³-hybridized carbons (Fsp3) is 1.00. The van der Waals surface area contributed by atoms with Crippen molar-refractivity contribution in [2.45, 2.75) is 43.9 Å². The van der Waals surface area contributed by atoms with Gasteiger partial charge in [0.15, 0.2) is 0 Å². The summed E-state index contributed by atoms with van der Waals surface area (Å²) < 4.78 is 5.05. The Bertz CT molecular complexity index is 221. The lowest BCUT2D eigenvalue weighted by atomic mass is 10.1. The van der Waals surface area contributed by atoms with E-state index in [0.717, 1.165) is 19.4 Å². The summed E-state index contributed by atoms with van der Waals surface area (Å²) in [6.07, 6.45) is -1.30. The van der Waals surface area contributed by atoms with Gasteiger partial charge in [0.2, 0.25) is 5.79 Å². The highest BCUT2D eigenvalue weighted by atomic mass is 35.5. The van der Waals surface area contributed by atoms with Crippen LogP contribution in [-0.4, -0.2) is 64.2 Å². The van der Waals surface area contributed by atoms with Crippen LogP contribution in [-0.2, 0) is 4.74 Å². The van der Waals surface area contributed by atoms with E-state index in [1.165, 1.54) is 0 Å². The topological polar surface area (TPSA) is 102 Å². The molecule has 0 saturated carbocycles. The summed E-state index contributed by atoms with van der Waals surface area (Å²) in [6, 6.07) is 0. The lowest BCUT2D eigenvalue weighted by molar-refractivity contribution is -0.245. The van der Waals surface area contributed by atoms with Crippen molar-refractivity contribution in [3.8, 4) is 0 Å². The van der Waals surface area contributed by atoms with Crippen LogP contribution in [0.2, 0.25) is 0 Å². The van der Waals surface area contributed by atoms with Crippen LogP contribution >= 0.6 is 12.4 Å². The number of nitrogens with one attached hydrogen (secondary N) is 1. The Balaban J connectivity index is 0.00000256. The second-order valence-electron chi connectivity index (χ2n) is 4.15. The maximum Gasteiger partial charge on any atom is 0.219 e. The summed E-state index contributed by atoms with van der Waals surface area (Å²) in [5, 5.41) is 40.6. The van der Waals surface area contributed by atoms with Crippen LogP contribution in [0.1, 0.15) is 19.8 Å². The van der Waals surface area contributed by atoms with Crippen LogP contribution in [0.3, 0.4) is 0 Å². The van der Waals surface area contributed by atoms with Gasteiger partial charge < -0.3 is 30.5 Å². The van der Waals surface area contributed by atoms with Crippen LogP contribution < -0.4 is 5.32 Å². The molecule has 4 atom stereocenters. The normalized spacial score (nSPS) is 36.9. The number of aliphatic hydroxyl groups excluding tert-OH is 3. The van der Waals surface area contributed by atoms with Gasteiger partial charge in [-0.25, -0.2) is 0 Å². The van der Waals surface area contributed by atoms with Crippen molar-refractivity contribution in [3.63, 3.8) is 0 Å². The number of aliphatic hydroxyl groups is 4. The van der Waals surface area contributed by atoms with Gasteiger partial charge in [-0.2, -0.15) is 0 Å². The zero-order valence-electron chi connectivity index (χ0n) is 9.87. The van der Waals surface area contributed by atoms with E-state index in [1.807, 2.05) is 0 Å². The molecule has 104 valence electrons. The molecule has 7 heteroatoms. The number of hydrogen-bond acceptors (Lipinski definition) is 6. The first-order valence-electron chi connectivity index (χ1n) is 5.63. The van der Waals surface area contributed by atoms with Crippen molar-refractivity contribution in [1.82, 2.24) is 5.32 Å². The van der Waals surface area contributed by atoms with Gasteiger partial charge in [-0.15, -0.1) is 12.4 Å². The third-order valence-electron chi connectivity index (χ3n) is 2.80. The molecular weight excluding hydrogens is 250 g/mol. The quantitative estimate of drug-likeness (QED) is 0.381. The van der Waals surface area contributed by atoms with Gasteiger partial charge in [0.05, 0.1) is 6.61 Å². The molecular formula is C10H22ClNO5.